The summed E-state index contributed by atoms with van der Waals surface area (Å²) >= 11 is 0. The first kappa shape index (κ1) is 34.7. The predicted molar refractivity (Wildman–Crippen MR) is 157 cm³/mol. The molecule has 0 aliphatic carbocycles. The van der Waals surface area contributed by atoms with Gasteiger partial charge in [0.2, 0.25) is 0 Å². The fourth-order valence-electron chi connectivity index (χ4n) is 4.58. The summed E-state index contributed by atoms with van der Waals surface area (Å²) in [6.45, 7) is 18.1. The Hall–Kier alpha value is -0.280. The van der Waals surface area contributed by atoms with Gasteiger partial charge < -0.3 is 34.3 Å². The van der Waals surface area contributed by atoms with Crippen LogP contribution in [-0.4, -0.2) is 176 Å². The maximum Gasteiger partial charge on any atom is -0.000653 e. The van der Waals surface area contributed by atoms with Crippen molar-refractivity contribution in [2.45, 2.75) is 45.4 Å². The van der Waals surface area contributed by atoms with E-state index in [0.717, 1.165) is 0 Å². The largest absolute Gasteiger partial charge is 0.309 e. The molecular weight excluding hydrogens is 434 g/mol. The SMILES string of the molecule is CCN(CCCN(CCCN(C)C)CCCN(C)C)CCCN(CCCN(C)C)CCCN(C)C. The normalized spacial score (nSPS) is 12.7. The van der Waals surface area contributed by atoms with Crippen LogP contribution in [0.4, 0.5) is 0 Å². The first-order chi connectivity index (χ1) is 16.6. The van der Waals surface area contributed by atoms with Gasteiger partial charge in [-0.1, -0.05) is 6.92 Å². The highest BCUT2D eigenvalue weighted by Crippen LogP contribution is 2.03. The molecule has 0 heterocycles. The van der Waals surface area contributed by atoms with Crippen LogP contribution in [0.1, 0.15) is 45.4 Å². The van der Waals surface area contributed by atoms with Gasteiger partial charge in [0.1, 0.15) is 0 Å². The topological polar surface area (TPSA) is 22.7 Å². The summed E-state index contributed by atoms with van der Waals surface area (Å²) in [6, 6.07) is 0. The Morgan fingerprint density at radius 3 is 0.686 bits per heavy atom. The summed E-state index contributed by atoms with van der Waals surface area (Å²) in [4.78, 5) is 17.3. The van der Waals surface area contributed by atoms with Gasteiger partial charge >= 0.3 is 0 Å². The van der Waals surface area contributed by atoms with E-state index >= 15 is 0 Å². The zero-order valence-corrected chi connectivity index (χ0v) is 25.6. The molecule has 0 fully saturated rings. The Labute approximate surface area is 221 Å². The molecule has 7 heteroatoms. The molecule has 0 unspecified atom stereocenters. The molecule has 0 rings (SSSR count). The zero-order valence-electron chi connectivity index (χ0n) is 25.6. The average molecular weight is 500 g/mol. The van der Waals surface area contributed by atoms with Crippen LogP contribution in [0.25, 0.3) is 0 Å². The van der Waals surface area contributed by atoms with Gasteiger partial charge in [0, 0.05) is 0 Å². The lowest BCUT2D eigenvalue weighted by Crippen LogP contribution is -2.35. The minimum Gasteiger partial charge on any atom is -0.309 e. The van der Waals surface area contributed by atoms with E-state index in [1.54, 1.807) is 0 Å². The Bertz CT molecular complexity index is 377. The predicted octanol–water partition coefficient (Wildman–Crippen LogP) is 2.50. The van der Waals surface area contributed by atoms with Gasteiger partial charge in [0.25, 0.3) is 0 Å². The fourth-order valence-corrected chi connectivity index (χ4v) is 4.58. The molecule has 212 valence electrons. The molecule has 35 heavy (non-hydrogen) atoms. The molecule has 0 N–H and O–H groups in total. The molecule has 0 aromatic rings. The van der Waals surface area contributed by atoms with Crippen molar-refractivity contribution in [3.05, 3.63) is 0 Å². The maximum absolute atomic E-state index is 2.71. The number of rotatable bonds is 25. The molecule has 0 radical (unpaired) electrons. The van der Waals surface area contributed by atoms with Crippen molar-refractivity contribution in [2.75, 3.05) is 141 Å². The molecule has 0 aliphatic rings. The zero-order chi connectivity index (χ0) is 26.5. The summed E-state index contributed by atoms with van der Waals surface area (Å²) in [6.07, 6.45) is 7.64. The van der Waals surface area contributed by atoms with E-state index in [1.807, 2.05) is 0 Å². The van der Waals surface area contributed by atoms with Gasteiger partial charge in [-0.25, -0.2) is 0 Å². The average Bonchev–Trinajstić information content (AvgIpc) is 2.76. The second kappa shape index (κ2) is 22.9. The third kappa shape index (κ3) is 23.8. The second-order valence-corrected chi connectivity index (χ2v) is 11.5. The van der Waals surface area contributed by atoms with Crippen molar-refractivity contribution in [2.24, 2.45) is 0 Å². The molecule has 0 spiro atoms. The Morgan fingerprint density at radius 1 is 0.286 bits per heavy atom. The van der Waals surface area contributed by atoms with Gasteiger partial charge in [0.15, 0.2) is 0 Å². The van der Waals surface area contributed by atoms with E-state index in [0.29, 0.717) is 0 Å². The van der Waals surface area contributed by atoms with Crippen LogP contribution in [-0.2, 0) is 0 Å². The lowest BCUT2D eigenvalue weighted by atomic mass is 10.2. The Kier molecular flexibility index (Phi) is 22.7. The van der Waals surface area contributed by atoms with Crippen LogP contribution < -0.4 is 0 Å². The van der Waals surface area contributed by atoms with E-state index in [1.165, 1.54) is 124 Å². The second-order valence-electron chi connectivity index (χ2n) is 11.5. The highest BCUT2D eigenvalue weighted by Gasteiger charge is 2.10. The van der Waals surface area contributed by atoms with E-state index in [4.69, 9.17) is 0 Å². The van der Waals surface area contributed by atoms with Crippen molar-refractivity contribution in [3.8, 4) is 0 Å². The third-order valence-corrected chi connectivity index (χ3v) is 6.66. The van der Waals surface area contributed by atoms with E-state index in [-0.39, 0.29) is 0 Å². The van der Waals surface area contributed by atoms with E-state index in [2.05, 4.69) is 97.6 Å². The standard InChI is InChI=1S/C28H65N7/c1-10-33(21-15-27-34(23-11-17-29(2)3)24-12-18-30(4)5)22-16-28-35(25-13-19-31(6)7)26-14-20-32(8)9/h10-28H2,1-9H3. The molecule has 0 aliphatic heterocycles. The Morgan fingerprint density at radius 2 is 0.486 bits per heavy atom. The van der Waals surface area contributed by atoms with Gasteiger partial charge in [0.05, 0.1) is 0 Å². The van der Waals surface area contributed by atoms with Gasteiger partial charge in [-0.2, -0.15) is 0 Å². The minimum absolute atomic E-state index is 1.17. The number of hydrogen-bond acceptors (Lipinski definition) is 7. The van der Waals surface area contributed by atoms with Crippen molar-refractivity contribution in [3.63, 3.8) is 0 Å². The first-order valence-electron chi connectivity index (χ1n) is 14.4. The minimum atomic E-state index is 1.17. The highest BCUT2D eigenvalue weighted by atomic mass is 15.2. The molecule has 0 aromatic heterocycles. The van der Waals surface area contributed by atoms with Gasteiger partial charge in [-0.15, -0.1) is 0 Å². The quantitative estimate of drug-likeness (QED) is 0.190. The van der Waals surface area contributed by atoms with Gasteiger partial charge in [-0.3, -0.25) is 0 Å². The van der Waals surface area contributed by atoms with Crippen molar-refractivity contribution in [1.29, 1.82) is 0 Å². The first-order valence-corrected chi connectivity index (χ1v) is 14.4. The van der Waals surface area contributed by atoms with Crippen LogP contribution in [0.2, 0.25) is 0 Å². The van der Waals surface area contributed by atoms with Crippen LogP contribution >= 0.6 is 0 Å². The lowest BCUT2D eigenvalue weighted by molar-refractivity contribution is 0.199. The molecule has 0 aromatic carbocycles. The van der Waals surface area contributed by atoms with Crippen LogP contribution in [0.5, 0.6) is 0 Å². The lowest BCUT2D eigenvalue weighted by Gasteiger charge is -2.27. The molecule has 0 saturated heterocycles. The molecule has 0 bridgehead atoms. The van der Waals surface area contributed by atoms with E-state index in [9.17, 15) is 0 Å². The number of nitrogens with zero attached hydrogens (tertiary/aromatic N) is 7. The van der Waals surface area contributed by atoms with Crippen LogP contribution in [0.15, 0.2) is 0 Å². The summed E-state index contributed by atoms with van der Waals surface area (Å²) in [7, 11) is 17.5. The Balaban J connectivity index is 4.42. The number of hydrogen-bond donors (Lipinski definition) is 0. The molecular formula is C28H65N7. The third-order valence-electron chi connectivity index (χ3n) is 6.66. The summed E-state index contributed by atoms with van der Waals surface area (Å²) in [5, 5.41) is 0. The molecule has 0 amide bonds. The smallest absolute Gasteiger partial charge is 0.000653 e. The van der Waals surface area contributed by atoms with Crippen LogP contribution in [0.3, 0.4) is 0 Å². The highest BCUT2D eigenvalue weighted by molar-refractivity contribution is 4.66. The van der Waals surface area contributed by atoms with Crippen molar-refractivity contribution in [1.82, 2.24) is 34.3 Å². The summed E-state index contributed by atoms with van der Waals surface area (Å²) < 4.78 is 0. The van der Waals surface area contributed by atoms with Crippen LogP contribution in [0, 0.1) is 0 Å². The maximum atomic E-state index is 2.71. The fraction of sp³-hybridized carbons (Fsp3) is 1.00. The van der Waals surface area contributed by atoms with Crippen molar-refractivity contribution < 1.29 is 0 Å². The van der Waals surface area contributed by atoms with Gasteiger partial charge in [-0.05, 0) is 180 Å². The van der Waals surface area contributed by atoms with E-state index < -0.39 is 0 Å². The monoisotopic (exact) mass is 500 g/mol. The molecule has 0 atom stereocenters. The van der Waals surface area contributed by atoms with Crippen molar-refractivity contribution >= 4 is 0 Å². The summed E-state index contributed by atoms with van der Waals surface area (Å²) in [5.74, 6) is 0. The molecule has 7 nitrogen and oxygen atoms in total. The summed E-state index contributed by atoms with van der Waals surface area (Å²) in [5.41, 5.74) is 0. The molecule has 0 saturated carbocycles.